The molecule has 4 nitrogen and oxygen atoms in total. The summed E-state index contributed by atoms with van der Waals surface area (Å²) in [4.78, 5) is 25.2. The van der Waals surface area contributed by atoms with Crippen LogP contribution in [0.15, 0.2) is 83.8 Å². The number of nitrogens with one attached hydrogen (secondary N) is 2. The number of para-hydroxylation sites is 1. The summed E-state index contributed by atoms with van der Waals surface area (Å²) >= 11 is 1.11. The molecule has 2 N–H and O–H groups in total. The number of thioether (sulfide) groups is 1. The first-order valence-electron chi connectivity index (χ1n) is 9.22. The summed E-state index contributed by atoms with van der Waals surface area (Å²) in [5, 5.41) is 5.63. The quantitative estimate of drug-likeness (QED) is 0.539. The molecule has 0 bridgehead atoms. The van der Waals surface area contributed by atoms with Gasteiger partial charge in [-0.3, -0.25) is 9.59 Å². The van der Waals surface area contributed by atoms with Gasteiger partial charge in [0.1, 0.15) is 5.82 Å². The Labute approximate surface area is 173 Å². The second-order valence-corrected chi connectivity index (χ2v) is 7.32. The average Bonchev–Trinajstić information content (AvgIpc) is 2.74. The molecule has 0 spiro atoms. The normalized spacial score (nSPS) is 10.4. The van der Waals surface area contributed by atoms with Gasteiger partial charge in [0.2, 0.25) is 5.91 Å². The van der Waals surface area contributed by atoms with E-state index in [1.807, 2.05) is 30.3 Å². The van der Waals surface area contributed by atoms with E-state index >= 15 is 0 Å². The molecule has 0 aliphatic heterocycles. The number of hydrogen-bond donors (Lipinski definition) is 2. The molecule has 29 heavy (non-hydrogen) atoms. The van der Waals surface area contributed by atoms with E-state index in [-0.39, 0.29) is 23.4 Å². The van der Waals surface area contributed by atoms with E-state index in [0.29, 0.717) is 22.7 Å². The number of benzene rings is 3. The third-order valence-corrected chi connectivity index (χ3v) is 5.23. The highest BCUT2D eigenvalue weighted by molar-refractivity contribution is 8.00. The van der Waals surface area contributed by atoms with Crippen molar-refractivity contribution in [3.8, 4) is 0 Å². The number of halogens is 1. The molecular formula is C23H21FN2O2S. The molecule has 0 fully saturated rings. The molecule has 0 unspecified atom stereocenters. The number of carbonyl (C=O) groups excluding carboxylic acids is 2. The molecule has 148 valence electrons. The molecule has 0 heterocycles. The zero-order chi connectivity index (χ0) is 20.5. The predicted octanol–water partition coefficient (Wildman–Crippen LogP) is 4.53. The molecule has 3 aromatic carbocycles. The number of amides is 2. The summed E-state index contributed by atoms with van der Waals surface area (Å²) in [5.41, 5.74) is 1.97. The van der Waals surface area contributed by atoms with Gasteiger partial charge in [0.05, 0.1) is 17.0 Å². The zero-order valence-electron chi connectivity index (χ0n) is 15.7. The number of hydrogen-bond acceptors (Lipinski definition) is 3. The Balaban J connectivity index is 1.55. The maximum Gasteiger partial charge on any atom is 0.253 e. The zero-order valence-corrected chi connectivity index (χ0v) is 16.5. The Morgan fingerprint density at radius 2 is 1.55 bits per heavy atom. The fraction of sp³-hybridized carbons (Fsp3) is 0.130. The summed E-state index contributed by atoms with van der Waals surface area (Å²) in [7, 11) is 0. The maximum atomic E-state index is 13.7. The SMILES string of the molecule is O=C(CSc1ccccc1F)Nc1ccccc1C(=O)NCCc1ccccc1. The minimum absolute atomic E-state index is 0.0465. The Morgan fingerprint density at radius 1 is 0.862 bits per heavy atom. The number of carbonyl (C=O) groups is 2. The molecule has 6 heteroatoms. The number of anilines is 1. The second kappa shape index (κ2) is 10.4. The lowest BCUT2D eigenvalue weighted by Crippen LogP contribution is -2.27. The van der Waals surface area contributed by atoms with Crippen LogP contribution in [0.5, 0.6) is 0 Å². The monoisotopic (exact) mass is 408 g/mol. The molecule has 0 saturated carbocycles. The highest BCUT2D eigenvalue weighted by Gasteiger charge is 2.13. The van der Waals surface area contributed by atoms with Crippen molar-refractivity contribution < 1.29 is 14.0 Å². The van der Waals surface area contributed by atoms with Crippen molar-refractivity contribution in [3.63, 3.8) is 0 Å². The van der Waals surface area contributed by atoms with E-state index in [2.05, 4.69) is 10.6 Å². The molecule has 0 atom stereocenters. The number of rotatable bonds is 8. The standard InChI is InChI=1S/C23H21FN2O2S/c24-19-11-5-7-13-21(19)29-16-22(27)26-20-12-6-4-10-18(20)23(28)25-15-14-17-8-2-1-3-9-17/h1-13H,14-16H2,(H,25,28)(H,26,27). The van der Waals surface area contributed by atoms with Gasteiger partial charge in [-0.2, -0.15) is 0 Å². The van der Waals surface area contributed by atoms with E-state index in [4.69, 9.17) is 0 Å². The van der Waals surface area contributed by atoms with Crippen molar-refractivity contribution in [2.75, 3.05) is 17.6 Å². The second-order valence-electron chi connectivity index (χ2n) is 6.30. The van der Waals surface area contributed by atoms with Crippen molar-refractivity contribution in [2.24, 2.45) is 0 Å². The van der Waals surface area contributed by atoms with E-state index in [0.717, 1.165) is 23.7 Å². The highest BCUT2D eigenvalue weighted by atomic mass is 32.2. The average molecular weight is 408 g/mol. The summed E-state index contributed by atoms with van der Waals surface area (Å²) in [6, 6.07) is 23.0. The van der Waals surface area contributed by atoms with Crippen LogP contribution in [0.4, 0.5) is 10.1 Å². The molecule has 0 aromatic heterocycles. The fourth-order valence-corrected chi connectivity index (χ4v) is 3.48. The largest absolute Gasteiger partial charge is 0.352 e. The summed E-state index contributed by atoms with van der Waals surface area (Å²) in [6.07, 6.45) is 0.723. The van der Waals surface area contributed by atoms with Crippen LogP contribution in [0.3, 0.4) is 0 Å². The van der Waals surface area contributed by atoms with Gasteiger partial charge in [-0.15, -0.1) is 11.8 Å². The van der Waals surface area contributed by atoms with Gasteiger partial charge in [-0.1, -0.05) is 54.6 Å². The van der Waals surface area contributed by atoms with Crippen LogP contribution >= 0.6 is 11.8 Å². The lowest BCUT2D eigenvalue weighted by Gasteiger charge is -2.11. The molecule has 3 aromatic rings. The third-order valence-electron chi connectivity index (χ3n) is 4.18. The highest BCUT2D eigenvalue weighted by Crippen LogP contribution is 2.22. The third kappa shape index (κ3) is 6.19. The topological polar surface area (TPSA) is 58.2 Å². The van der Waals surface area contributed by atoms with Gasteiger partial charge in [0, 0.05) is 11.4 Å². The summed E-state index contributed by atoms with van der Waals surface area (Å²) in [6.45, 7) is 0.494. The maximum absolute atomic E-state index is 13.7. The molecule has 3 rings (SSSR count). The molecule has 0 saturated heterocycles. The minimum Gasteiger partial charge on any atom is -0.352 e. The van der Waals surface area contributed by atoms with Gasteiger partial charge in [-0.25, -0.2) is 4.39 Å². The van der Waals surface area contributed by atoms with E-state index in [9.17, 15) is 14.0 Å². The van der Waals surface area contributed by atoms with Crippen molar-refractivity contribution in [1.82, 2.24) is 5.32 Å². The van der Waals surface area contributed by atoms with Gasteiger partial charge in [-0.05, 0) is 36.2 Å². The molecular weight excluding hydrogens is 387 g/mol. The van der Waals surface area contributed by atoms with Gasteiger partial charge < -0.3 is 10.6 Å². The predicted molar refractivity (Wildman–Crippen MR) is 115 cm³/mol. The Bertz CT molecular complexity index is 979. The Morgan fingerprint density at radius 3 is 2.34 bits per heavy atom. The fourth-order valence-electron chi connectivity index (χ4n) is 2.74. The smallest absolute Gasteiger partial charge is 0.253 e. The van der Waals surface area contributed by atoms with E-state index in [1.54, 1.807) is 42.5 Å². The van der Waals surface area contributed by atoms with Crippen LogP contribution in [0, 0.1) is 5.82 Å². The van der Waals surface area contributed by atoms with Crippen molar-refractivity contribution >= 4 is 29.3 Å². The minimum atomic E-state index is -0.358. The van der Waals surface area contributed by atoms with Crippen LogP contribution in [-0.2, 0) is 11.2 Å². The van der Waals surface area contributed by atoms with Crippen LogP contribution in [-0.4, -0.2) is 24.1 Å². The first kappa shape index (κ1) is 20.6. The summed E-state index contributed by atoms with van der Waals surface area (Å²) < 4.78 is 13.7. The van der Waals surface area contributed by atoms with Gasteiger partial charge >= 0.3 is 0 Å². The molecule has 0 aliphatic rings. The molecule has 2 amide bonds. The van der Waals surface area contributed by atoms with Crippen LogP contribution in [0.25, 0.3) is 0 Å². The molecule has 0 aliphatic carbocycles. The Hall–Kier alpha value is -3.12. The lowest BCUT2D eigenvalue weighted by atomic mass is 10.1. The first-order valence-corrected chi connectivity index (χ1v) is 10.2. The van der Waals surface area contributed by atoms with Gasteiger partial charge in [0.25, 0.3) is 5.91 Å². The van der Waals surface area contributed by atoms with Crippen molar-refractivity contribution in [2.45, 2.75) is 11.3 Å². The van der Waals surface area contributed by atoms with Gasteiger partial charge in [0.15, 0.2) is 0 Å². The van der Waals surface area contributed by atoms with Crippen molar-refractivity contribution in [1.29, 1.82) is 0 Å². The van der Waals surface area contributed by atoms with Crippen LogP contribution in [0.1, 0.15) is 15.9 Å². The lowest BCUT2D eigenvalue weighted by molar-refractivity contribution is -0.113. The van der Waals surface area contributed by atoms with Crippen molar-refractivity contribution in [3.05, 3.63) is 95.8 Å². The van der Waals surface area contributed by atoms with E-state index in [1.165, 1.54) is 6.07 Å². The summed E-state index contributed by atoms with van der Waals surface area (Å²) in [5.74, 6) is -0.866. The van der Waals surface area contributed by atoms with E-state index < -0.39 is 0 Å². The van der Waals surface area contributed by atoms with Crippen LogP contribution < -0.4 is 10.6 Å². The first-order chi connectivity index (χ1) is 14.1. The molecule has 0 radical (unpaired) electrons. The van der Waals surface area contributed by atoms with Crippen LogP contribution in [0.2, 0.25) is 0 Å². The Kier molecular flexibility index (Phi) is 7.41.